The molecule has 0 unspecified atom stereocenters. The van der Waals surface area contributed by atoms with Crippen LogP contribution in [0.1, 0.15) is 24.3 Å². The molecule has 2 rings (SSSR count). The lowest BCUT2D eigenvalue weighted by Gasteiger charge is -2.01. The van der Waals surface area contributed by atoms with Gasteiger partial charge in [-0.05, 0) is 42.5 Å². The molecule has 1 aliphatic rings. The summed E-state index contributed by atoms with van der Waals surface area (Å²) < 4.78 is 0. The van der Waals surface area contributed by atoms with Gasteiger partial charge in [-0.15, -0.1) is 0 Å². The Bertz CT molecular complexity index is 279. The predicted molar refractivity (Wildman–Crippen MR) is 45.1 cm³/mol. The standard InChI is InChI=1S/C9H9ClO/c10-9-4-3-7(11)5-8(9)6-1-2-6/h3-6,11H,1-2H2. The minimum Gasteiger partial charge on any atom is -0.508 e. The number of phenols is 1. The molecular weight excluding hydrogens is 160 g/mol. The van der Waals surface area contributed by atoms with E-state index in [4.69, 9.17) is 16.7 Å². The third-order valence-corrected chi connectivity index (χ3v) is 2.34. The molecular formula is C9H9ClO. The van der Waals surface area contributed by atoms with Crippen molar-refractivity contribution in [2.24, 2.45) is 0 Å². The molecule has 0 spiro atoms. The summed E-state index contributed by atoms with van der Waals surface area (Å²) >= 11 is 5.92. The zero-order chi connectivity index (χ0) is 7.84. The molecule has 0 aromatic heterocycles. The van der Waals surface area contributed by atoms with Crippen molar-refractivity contribution in [1.29, 1.82) is 0 Å². The molecule has 1 nitrogen and oxygen atoms in total. The van der Waals surface area contributed by atoms with Gasteiger partial charge in [-0.1, -0.05) is 11.6 Å². The van der Waals surface area contributed by atoms with E-state index in [0.29, 0.717) is 11.7 Å². The summed E-state index contributed by atoms with van der Waals surface area (Å²) in [6, 6.07) is 5.14. The summed E-state index contributed by atoms with van der Waals surface area (Å²) in [6.45, 7) is 0. The Hall–Kier alpha value is -0.690. The van der Waals surface area contributed by atoms with Crippen LogP contribution in [0.15, 0.2) is 18.2 Å². The molecule has 11 heavy (non-hydrogen) atoms. The zero-order valence-electron chi connectivity index (χ0n) is 6.05. The van der Waals surface area contributed by atoms with E-state index in [2.05, 4.69) is 0 Å². The molecule has 1 saturated carbocycles. The third kappa shape index (κ3) is 1.33. The molecule has 2 heteroatoms. The van der Waals surface area contributed by atoms with Gasteiger partial charge in [-0.25, -0.2) is 0 Å². The molecule has 0 radical (unpaired) electrons. The monoisotopic (exact) mass is 168 g/mol. The number of hydrogen-bond donors (Lipinski definition) is 1. The van der Waals surface area contributed by atoms with Crippen LogP contribution in [0.3, 0.4) is 0 Å². The number of aromatic hydroxyl groups is 1. The van der Waals surface area contributed by atoms with Crippen molar-refractivity contribution in [3.8, 4) is 5.75 Å². The van der Waals surface area contributed by atoms with Crippen molar-refractivity contribution in [3.05, 3.63) is 28.8 Å². The molecule has 0 saturated heterocycles. The molecule has 1 aliphatic carbocycles. The van der Waals surface area contributed by atoms with E-state index >= 15 is 0 Å². The van der Waals surface area contributed by atoms with Gasteiger partial charge in [0.15, 0.2) is 0 Å². The van der Waals surface area contributed by atoms with Crippen molar-refractivity contribution in [2.75, 3.05) is 0 Å². The lowest BCUT2D eigenvalue weighted by molar-refractivity contribution is 0.474. The van der Waals surface area contributed by atoms with E-state index in [1.165, 1.54) is 12.8 Å². The van der Waals surface area contributed by atoms with E-state index in [1.54, 1.807) is 18.2 Å². The highest BCUT2D eigenvalue weighted by Crippen LogP contribution is 2.44. The second kappa shape index (κ2) is 2.42. The van der Waals surface area contributed by atoms with Crippen molar-refractivity contribution < 1.29 is 5.11 Å². The smallest absolute Gasteiger partial charge is 0.115 e. The van der Waals surface area contributed by atoms with E-state index in [0.717, 1.165) is 10.6 Å². The summed E-state index contributed by atoms with van der Waals surface area (Å²) in [5.41, 5.74) is 1.10. The van der Waals surface area contributed by atoms with Gasteiger partial charge in [0.25, 0.3) is 0 Å². The highest BCUT2D eigenvalue weighted by molar-refractivity contribution is 6.31. The van der Waals surface area contributed by atoms with Gasteiger partial charge < -0.3 is 5.11 Å². The fourth-order valence-corrected chi connectivity index (χ4v) is 1.51. The lowest BCUT2D eigenvalue weighted by atomic mass is 10.1. The maximum Gasteiger partial charge on any atom is 0.115 e. The molecule has 1 fully saturated rings. The molecule has 0 atom stereocenters. The first-order chi connectivity index (χ1) is 5.27. The number of hydrogen-bond acceptors (Lipinski definition) is 1. The average Bonchev–Trinajstić information content (AvgIpc) is 2.76. The molecule has 0 heterocycles. The van der Waals surface area contributed by atoms with Crippen LogP contribution < -0.4 is 0 Å². The van der Waals surface area contributed by atoms with Crippen LogP contribution in [0.5, 0.6) is 5.75 Å². The van der Waals surface area contributed by atoms with E-state index in [1.807, 2.05) is 0 Å². The van der Waals surface area contributed by atoms with Crippen LogP contribution in [-0.2, 0) is 0 Å². The van der Waals surface area contributed by atoms with Crippen LogP contribution in [-0.4, -0.2) is 5.11 Å². The summed E-state index contributed by atoms with van der Waals surface area (Å²) in [7, 11) is 0. The largest absolute Gasteiger partial charge is 0.508 e. The van der Waals surface area contributed by atoms with Gasteiger partial charge >= 0.3 is 0 Å². The molecule has 0 aliphatic heterocycles. The quantitative estimate of drug-likeness (QED) is 0.684. The topological polar surface area (TPSA) is 20.2 Å². The predicted octanol–water partition coefficient (Wildman–Crippen LogP) is 2.92. The first kappa shape index (κ1) is 6.99. The van der Waals surface area contributed by atoms with Crippen molar-refractivity contribution in [1.82, 2.24) is 0 Å². The van der Waals surface area contributed by atoms with E-state index < -0.39 is 0 Å². The fraction of sp³-hybridized carbons (Fsp3) is 0.333. The summed E-state index contributed by atoms with van der Waals surface area (Å²) in [4.78, 5) is 0. The Balaban J connectivity index is 2.42. The van der Waals surface area contributed by atoms with Crippen LogP contribution in [0.4, 0.5) is 0 Å². The van der Waals surface area contributed by atoms with Crippen molar-refractivity contribution in [2.45, 2.75) is 18.8 Å². The second-order valence-electron chi connectivity index (χ2n) is 2.98. The molecule has 1 aromatic rings. The highest BCUT2D eigenvalue weighted by Gasteiger charge is 2.25. The van der Waals surface area contributed by atoms with Gasteiger partial charge in [-0.2, -0.15) is 0 Å². The fourth-order valence-electron chi connectivity index (χ4n) is 1.24. The number of phenolic OH excluding ortho intramolecular Hbond substituents is 1. The van der Waals surface area contributed by atoms with E-state index in [9.17, 15) is 0 Å². The van der Waals surface area contributed by atoms with Gasteiger partial charge in [0, 0.05) is 5.02 Å². The highest BCUT2D eigenvalue weighted by atomic mass is 35.5. The molecule has 58 valence electrons. The molecule has 0 bridgehead atoms. The minimum absolute atomic E-state index is 0.316. The van der Waals surface area contributed by atoms with E-state index in [-0.39, 0.29) is 0 Å². The van der Waals surface area contributed by atoms with Gasteiger partial charge in [0.1, 0.15) is 5.75 Å². The summed E-state index contributed by atoms with van der Waals surface area (Å²) in [5, 5.41) is 9.94. The third-order valence-electron chi connectivity index (χ3n) is 2.00. The Labute approximate surface area is 70.6 Å². The van der Waals surface area contributed by atoms with Gasteiger partial charge in [-0.3, -0.25) is 0 Å². The van der Waals surface area contributed by atoms with Crippen molar-refractivity contribution >= 4 is 11.6 Å². The van der Waals surface area contributed by atoms with Crippen LogP contribution in [0, 0.1) is 0 Å². The zero-order valence-corrected chi connectivity index (χ0v) is 6.80. The Morgan fingerprint density at radius 1 is 1.36 bits per heavy atom. The van der Waals surface area contributed by atoms with Crippen molar-refractivity contribution in [3.63, 3.8) is 0 Å². The lowest BCUT2D eigenvalue weighted by Crippen LogP contribution is -1.79. The minimum atomic E-state index is 0.316. The Kier molecular flexibility index (Phi) is 1.53. The van der Waals surface area contributed by atoms with Crippen LogP contribution in [0.2, 0.25) is 5.02 Å². The Morgan fingerprint density at radius 2 is 2.09 bits per heavy atom. The van der Waals surface area contributed by atoms with Gasteiger partial charge in [0.05, 0.1) is 0 Å². The molecule has 1 N–H and O–H groups in total. The maximum atomic E-state index is 9.16. The average molecular weight is 169 g/mol. The normalized spacial score (nSPS) is 16.8. The van der Waals surface area contributed by atoms with Crippen LogP contribution in [0.25, 0.3) is 0 Å². The molecule has 0 amide bonds. The maximum absolute atomic E-state index is 9.16. The molecule has 1 aromatic carbocycles. The number of benzene rings is 1. The summed E-state index contributed by atoms with van der Waals surface area (Å²) in [5.74, 6) is 0.922. The Morgan fingerprint density at radius 3 is 2.73 bits per heavy atom. The first-order valence-corrected chi connectivity index (χ1v) is 4.13. The number of halogens is 1. The van der Waals surface area contributed by atoms with Crippen LogP contribution >= 0.6 is 11.6 Å². The number of rotatable bonds is 1. The first-order valence-electron chi connectivity index (χ1n) is 3.76. The van der Waals surface area contributed by atoms with Gasteiger partial charge in [0.2, 0.25) is 0 Å². The SMILES string of the molecule is Oc1ccc(Cl)c(C2CC2)c1. The summed E-state index contributed by atoms with van der Waals surface area (Å²) in [6.07, 6.45) is 2.42. The second-order valence-corrected chi connectivity index (χ2v) is 3.39.